The fourth-order valence-electron chi connectivity index (χ4n) is 2.50. The lowest BCUT2D eigenvalue weighted by Gasteiger charge is -2.13. The molecule has 0 fully saturated rings. The summed E-state index contributed by atoms with van der Waals surface area (Å²) in [5.74, 6) is 0.590. The van der Waals surface area contributed by atoms with E-state index in [0.29, 0.717) is 25.2 Å². The van der Waals surface area contributed by atoms with E-state index < -0.39 is 22.2 Å². The molecule has 7 nitrogen and oxygen atoms in total. The van der Waals surface area contributed by atoms with Gasteiger partial charge in [-0.05, 0) is 35.4 Å². The molecular weight excluding hydrogens is 384 g/mol. The molecule has 0 bridgehead atoms. The first kappa shape index (κ1) is 21.7. The van der Waals surface area contributed by atoms with Gasteiger partial charge in [0.15, 0.2) is 6.10 Å². The maximum atomic E-state index is 11.6. The number of ether oxygens (including phenoxy) is 3. The third-order valence-electron chi connectivity index (χ3n) is 3.92. The fraction of sp³-hybridized carbons (Fsp3) is 0.350. The van der Waals surface area contributed by atoms with Crippen LogP contribution in [-0.4, -0.2) is 47.6 Å². The molecule has 0 saturated carbocycles. The van der Waals surface area contributed by atoms with Gasteiger partial charge in [0.25, 0.3) is 0 Å². The summed E-state index contributed by atoms with van der Waals surface area (Å²) in [6, 6.07) is 14.2. The molecule has 2 aromatic rings. The smallest absolute Gasteiger partial charge is 0.335 e. The lowest BCUT2D eigenvalue weighted by Crippen LogP contribution is -2.26. The second kappa shape index (κ2) is 10.1. The van der Waals surface area contributed by atoms with Crippen molar-refractivity contribution in [1.29, 1.82) is 0 Å². The minimum absolute atomic E-state index is 0.282. The number of benzene rings is 2. The molecule has 2 aromatic carbocycles. The number of carbonyl (C=O) groups is 1. The molecule has 0 aromatic heterocycles. The van der Waals surface area contributed by atoms with Crippen molar-refractivity contribution in [2.24, 2.45) is 0 Å². The van der Waals surface area contributed by atoms with Crippen LogP contribution >= 0.6 is 0 Å². The molecule has 1 unspecified atom stereocenters. The summed E-state index contributed by atoms with van der Waals surface area (Å²) in [6.07, 6.45) is 1.46. The first-order valence-electron chi connectivity index (χ1n) is 8.61. The normalized spacial score (nSPS) is 12.2. The number of hydrogen-bond donors (Lipinski definition) is 0. The van der Waals surface area contributed by atoms with E-state index in [1.807, 2.05) is 24.3 Å². The highest BCUT2D eigenvalue weighted by atomic mass is 32.2. The summed E-state index contributed by atoms with van der Waals surface area (Å²) in [6.45, 7) is 0.467. The van der Waals surface area contributed by atoms with E-state index in [4.69, 9.17) is 18.4 Å². The van der Waals surface area contributed by atoms with E-state index >= 15 is 0 Å². The standard InChI is InChI=1S/C20H24O7S/c1-24-19(20(21)25-2)14-16-6-8-17(9-7-16)26-13-12-15-4-10-18(11-5-15)27-28(3,22)23/h4-11,19H,12-14H2,1-3H3. The Morgan fingerprint density at radius 3 is 2.04 bits per heavy atom. The quantitative estimate of drug-likeness (QED) is 0.440. The summed E-state index contributed by atoms with van der Waals surface area (Å²) >= 11 is 0. The lowest BCUT2D eigenvalue weighted by atomic mass is 10.1. The molecule has 0 radical (unpaired) electrons. The van der Waals surface area contributed by atoms with Crippen LogP contribution in [-0.2, 0) is 37.2 Å². The van der Waals surface area contributed by atoms with Crippen molar-refractivity contribution in [3.8, 4) is 11.5 Å². The van der Waals surface area contributed by atoms with Crippen molar-refractivity contribution in [2.45, 2.75) is 18.9 Å². The topological polar surface area (TPSA) is 88.1 Å². The van der Waals surface area contributed by atoms with Gasteiger partial charge >= 0.3 is 16.1 Å². The van der Waals surface area contributed by atoms with Gasteiger partial charge in [0, 0.05) is 20.0 Å². The summed E-state index contributed by atoms with van der Waals surface area (Å²) < 4.78 is 42.5. The van der Waals surface area contributed by atoms with Crippen LogP contribution in [0.25, 0.3) is 0 Å². The van der Waals surface area contributed by atoms with Crippen LogP contribution in [0.2, 0.25) is 0 Å². The van der Waals surface area contributed by atoms with Crippen molar-refractivity contribution >= 4 is 16.1 Å². The van der Waals surface area contributed by atoms with Crippen LogP contribution in [0.15, 0.2) is 48.5 Å². The molecule has 0 heterocycles. The van der Waals surface area contributed by atoms with Crippen molar-refractivity contribution in [2.75, 3.05) is 27.1 Å². The second-order valence-corrected chi connectivity index (χ2v) is 7.70. The van der Waals surface area contributed by atoms with Crippen LogP contribution in [0.5, 0.6) is 11.5 Å². The largest absolute Gasteiger partial charge is 0.493 e. The summed E-state index contributed by atoms with van der Waals surface area (Å²) in [5, 5.41) is 0. The molecule has 1 atom stereocenters. The Morgan fingerprint density at radius 1 is 0.929 bits per heavy atom. The van der Waals surface area contributed by atoms with Crippen LogP contribution in [0.4, 0.5) is 0 Å². The Labute approximate surface area is 165 Å². The van der Waals surface area contributed by atoms with Gasteiger partial charge in [-0.2, -0.15) is 8.42 Å². The van der Waals surface area contributed by atoms with E-state index in [1.165, 1.54) is 14.2 Å². The summed E-state index contributed by atoms with van der Waals surface area (Å²) in [7, 11) is -0.719. The zero-order valence-corrected chi connectivity index (χ0v) is 16.9. The molecule has 0 saturated heterocycles. The van der Waals surface area contributed by atoms with Crippen molar-refractivity contribution in [1.82, 2.24) is 0 Å². The van der Waals surface area contributed by atoms with Crippen molar-refractivity contribution < 1.29 is 31.6 Å². The first-order chi connectivity index (χ1) is 13.3. The summed E-state index contributed by atoms with van der Waals surface area (Å²) in [5.41, 5.74) is 1.93. The van der Waals surface area contributed by atoms with Gasteiger partial charge in [-0.3, -0.25) is 0 Å². The molecule has 0 amide bonds. The third kappa shape index (κ3) is 7.21. The minimum atomic E-state index is -3.52. The molecule has 8 heteroatoms. The molecule has 0 aliphatic carbocycles. The van der Waals surface area contributed by atoms with Crippen LogP contribution in [0.3, 0.4) is 0 Å². The monoisotopic (exact) mass is 408 g/mol. The Hall–Kier alpha value is -2.58. The molecule has 0 aliphatic rings. The van der Waals surface area contributed by atoms with Gasteiger partial charge in [0.05, 0.1) is 20.0 Å². The average Bonchev–Trinajstić information content (AvgIpc) is 2.67. The van der Waals surface area contributed by atoms with E-state index in [9.17, 15) is 13.2 Å². The van der Waals surface area contributed by atoms with E-state index in [1.54, 1.807) is 24.3 Å². The number of rotatable bonds is 10. The van der Waals surface area contributed by atoms with Gasteiger partial charge in [-0.25, -0.2) is 4.79 Å². The molecule has 0 spiro atoms. The van der Waals surface area contributed by atoms with Crippen LogP contribution < -0.4 is 8.92 Å². The van der Waals surface area contributed by atoms with E-state index in [2.05, 4.69) is 0 Å². The maximum Gasteiger partial charge on any atom is 0.335 e. The SMILES string of the molecule is COC(=O)C(Cc1ccc(OCCc2ccc(OS(C)(=O)=O)cc2)cc1)OC. The Bertz CT molecular complexity index is 858. The second-order valence-electron chi connectivity index (χ2n) is 6.13. The molecule has 152 valence electrons. The van der Waals surface area contributed by atoms with E-state index in [-0.39, 0.29) is 5.75 Å². The predicted molar refractivity (Wildman–Crippen MR) is 104 cm³/mol. The maximum absolute atomic E-state index is 11.6. The number of carbonyl (C=O) groups excluding carboxylic acids is 1. The number of hydrogen-bond acceptors (Lipinski definition) is 7. The van der Waals surface area contributed by atoms with Gasteiger partial charge in [-0.1, -0.05) is 24.3 Å². The Morgan fingerprint density at radius 2 is 1.50 bits per heavy atom. The molecular formula is C20H24O7S. The third-order valence-corrected chi connectivity index (χ3v) is 4.42. The molecule has 28 heavy (non-hydrogen) atoms. The zero-order valence-electron chi connectivity index (χ0n) is 16.1. The zero-order chi connectivity index (χ0) is 20.6. The molecule has 0 aliphatic heterocycles. The van der Waals surface area contributed by atoms with Gasteiger partial charge < -0.3 is 18.4 Å². The van der Waals surface area contributed by atoms with Gasteiger partial charge in [-0.15, -0.1) is 0 Å². The predicted octanol–water partition coefficient (Wildman–Crippen LogP) is 2.38. The highest BCUT2D eigenvalue weighted by Gasteiger charge is 2.18. The number of methoxy groups -OCH3 is 2. The molecule has 0 N–H and O–H groups in total. The fourth-order valence-corrected chi connectivity index (χ4v) is 2.96. The average molecular weight is 408 g/mol. The lowest BCUT2D eigenvalue weighted by molar-refractivity contribution is -0.152. The van der Waals surface area contributed by atoms with Crippen LogP contribution in [0.1, 0.15) is 11.1 Å². The van der Waals surface area contributed by atoms with Gasteiger partial charge in [0.2, 0.25) is 0 Å². The van der Waals surface area contributed by atoms with E-state index in [0.717, 1.165) is 17.4 Å². The van der Waals surface area contributed by atoms with Crippen molar-refractivity contribution in [3.63, 3.8) is 0 Å². The Kier molecular flexibility index (Phi) is 7.83. The van der Waals surface area contributed by atoms with Crippen molar-refractivity contribution in [3.05, 3.63) is 59.7 Å². The summed E-state index contributed by atoms with van der Waals surface area (Å²) in [4.78, 5) is 11.6. The number of esters is 1. The Balaban J connectivity index is 1.82. The minimum Gasteiger partial charge on any atom is -0.493 e. The highest BCUT2D eigenvalue weighted by molar-refractivity contribution is 7.86. The highest BCUT2D eigenvalue weighted by Crippen LogP contribution is 2.17. The van der Waals surface area contributed by atoms with Gasteiger partial charge in [0.1, 0.15) is 11.5 Å². The van der Waals surface area contributed by atoms with Crippen LogP contribution in [0, 0.1) is 0 Å². The molecule has 2 rings (SSSR count). The first-order valence-corrected chi connectivity index (χ1v) is 10.4.